The number of thiocarbonyl (C=S) groups is 1. The van der Waals surface area contributed by atoms with E-state index in [4.69, 9.17) is 29.6 Å². The number of aromatic nitrogens is 2. The highest BCUT2D eigenvalue weighted by Gasteiger charge is 2.34. The number of hydrogen-bond donors (Lipinski definition) is 3. The molecule has 2 aromatic rings. The average Bonchev–Trinajstić information content (AvgIpc) is 2.93. The van der Waals surface area contributed by atoms with Crippen LogP contribution in [0.5, 0.6) is 0 Å². The lowest BCUT2D eigenvalue weighted by Crippen LogP contribution is -2.58. The van der Waals surface area contributed by atoms with Gasteiger partial charge in [0.05, 0.1) is 11.5 Å². The van der Waals surface area contributed by atoms with Gasteiger partial charge >= 0.3 is 0 Å². The number of carbonyl (C=O) groups is 1. The minimum Gasteiger partial charge on any atom is -0.382 e. The smallest absolute Gasteiger partial charge is 0.274 e. The Morgan fingerprint density at radius 3 is 2.53 bits per heavy atom. The van der Waals surface area contributed by atoms with E-state index in [0.717, 1.165) is 45.7 Å². The van der Waals surface area contributed by atoms with Gasteiger partial charge in [0.25, 0.3) is 5.91 Å². The SMILES string of the molecule is CC[C@H]1CN(c2nc(N)c(C(=O)NCC(=S)NC)nc2Cl)CCN1C1CCN(Cc2ccc(C)cc2)CC1. The van der Waals surface area contributed by atoms with Crippen LogP contribution in [0.1, 0.15) is 47.8 Å². The molecule has 2 aliphatic heterocycles. The standard InChI is InChI=1S/C27H39ClN8OS/c1-4-20-17-35(26-24(28)32-23(25(29)33-26)27(37)31-15-22(38)30-3)13-14-36(20)21-9-11-34(12-10-21)16-19-7-5-18(2)6-8-19/h5-8,20-21H,4,9-17H2,1-3H3,(H2,29,33)(H,30,38)(H,31,37)/t20-/m0/s1. The van der Waals surface area contributed by atoms with Crippen molar-refractivity contribution in [3.05, 3.63) is 46.2 Å². The molecule has 3 heterocycles. The normalized spacial score (nSPS) is 19.4. The first-order valence-corrected chi connectivity index (χ1v) is 14.2. The summed E-state index contributed by atoms with van der Waals surface area (Å²) in [6, 6.07) is 9.85. The second-order valence-electron chi connectivity index (χ2n) is 10.2. The molecule has 0 radical (unpaired) electrons. The molecule has 4 rings (SSSR count). The molecule has 0 aliphatic carbocycles. The van der Waals surface area contributed by atoms with Crippen LogP contribution in [-0.2, 0) is 6.54 Å². The summed E-state index contributed by atoms with van der Waals surface area (Å²) in [5.41, 5.74) is 8.84. The number of rotatable bonds is 8. The summed E-state index contributed by atoms with van der Waals surface area (Å²) in [4.78, 5) is 29.2. The van der Waals surface area contributed by atoms with Gasteiger partial charge in [0.2, 0.25) is 0 Å². The first-order chi connectivity index (χ1) is 18.3. The summed E-state index contributed by atoms with van der Waals surface area (Å²) in [6.45, 7) is 10.3. The molecule has 0 unspecified atom stereocenters. The van der Waals surface area contributed by atoms with E-state index in [-0.39, 0.29) is 23.2 Å². The number of hydrogen-bond acceptors (Lipinski definition) is 8. The zero-order valence-electron chi connectivity index (χ0n) is 22.5. The number of likely N-dealkylation sites (tertiary alicyclic amines) is 1. The van der Waals surface area contributed by atoms with Gasteiger partial charge in [0, 0.05) is 45.3 Å². The van der Waals surface area contributed by atoms with Crippen LogP contribution in [0.25, 0.3) is 0 Å². The lowest BCUT2D eigenvalue weighted by atomic mass is 9.98. The summed E-state index contributed by atoms with van der Waals surface area (Å²) in [5.74, 6) is 0.150. The largest absolute Gasteiger partial charge is 0.382 e. The van der Waals surface area contributed by atoms with E-state index in [2.05, 4.69) is 73.4 Å². The van der Waals surface area contributed by atoms with Gasteiger partial charge < -0.3 is 21.3 Å². The molecule has 4 N–H and O–H groups in total. The van der Waals surface area contributed by atoms with Gasteiger partial charge in [0.15, 0.2) is 22.5 Å². The van der Waals surface area contributed by atoms with Crippen molar-refractivity contribution in [1.29, 1.82) is 0 Å². The number of nitrogen functional groups attached to an aromatic ring is 1. The Labute approximate surface area is 236 Å². The lowest BCUT2D eigenvalue weighted by molar-refractivity contribution is 0.0610. The molecule has 0 spiro atoms. The number of anilines is 2. The summed E-state index contributed by atoms with van der Waals surface area (Å²) in [6.07, 6.45) is 3.39. The Morgan fingerprint density at radius 2 is 1.87 bits per heavy atom. The third-order valence-corrected chi connectivity index (χ3v) is 8.22. The number of likely N-dealkylation sites (N-methyl/N-ethyl adjacent to an activating group) is 1. The number of carbonyl (C=O) groups excluding carboxylic acids is 1. The fourth-order valence-corrected chi connectivity index (χ4v) is 5.70. The van der Waals surface area contributed by atoms with E-state index in [9.17, 15) is 4.79 Å². The zero-order valence-corrected chi connectivity index (χ0v) is 24.1. The number of aryl methyl sites for hydroxylation is 1. The average molecular weight is 559 g/mol. The molecule has 1 atom stereocenters. The van der Waals surface area contributed by atoms with E-state index in [1.807, 2.05) is 0 Å². The van der Waals surface area contributed by atoms with Crippen molar-refractivity contribution < 1.29 is 4.79 Å². The molecule has 38 heavy (non-hydrogen) atoms. The monoisotopic (exact) mass is 558 g/mol. The van der Waals surface area contributed by atoms with Crippen molar-refractivity contribution in [2.75, 3.05) is 56.9 Å². The van der Waals surface area contributed by atoms with Crippen LogP contribution in [0.2, 0.25) is 5.15 Å². The van der Waals surface area contributed by atoms with Crippen LogP contribution in [0.3, 0.4) is 0 Å². The van der Waals surface area contributed by atoms with Gasteiger partial charge in [-0.15, -0.1) is 0 Å². The number of piperazine rings is 1. The molecule has 1 amide bonds. The van der Waals surface area contributed by atoms with E-state index >= 15 is 0 Å². The molecule has 0 bridgehead atoms. The quantitative estimate of drug-likeness (QED) is 0.422. The predicted octanol–water partition coefficient (Wildman–Crippen LogP) is 2.86. The van der Waals surface area contributed by atoms with Gasteiger partial charge in [-0.1, -0.05) is 60.6 Å². The van der Waals surface area contributed by atoms with Crippen molar-refractivity contribution in [3.63, 3.8) is 0 Å². The number of nitrogens with two attached hydrogens (primary N) is 1. The van der Waals surface area contributed by atoms with E-state index in [1.54, 1.807) is 7.05 Å². The second kappa shape index (κ2) is 13.0. The zero-order chi connectivity index (χ0) is 27.2. The first-order valence-electron chi connectivity index (χ1n) is 13.4. The molecule has 9 nitrogen and oxygen atoms in total. The maximum atomic E-state index is 12.5. The van der Waals surface area contributed by atoms with Gasteiger partial charge in [0.1, 0.15) is 0 Å². The summed E-state index contributed by atoms with van der Waals surface area (Å²) < 4.78 is 0. The van der Waals surface area contributed by atoms with Crippen LogP contribution in [0.4, 0.5) is 11.6 Å². The van der Waals surface area contributed by atoms with Gasteiger partial charge in [-0.25, -0.2) is 9.97 Å². The topological polar surface area (TPSA) is 103 Å². The van der Waals surface area contributed by atoms with Crippen molar-refractivity contribution in [3.8, 4) is 0 Å². The Kier molecular flexibility index (Phi) is 9.75. The predicted molar refractivity (Wildman–Crippen MR) is 158 cm³/mol. The molecule has 1 aromatic carbocycles. The summed E-state index contributed by atoms with van der Waals surface area (Å²) >= 11 is 11.6. The minimum atomic E-state index is -0.453. The number of piperidine rings is 1. The molecular weight excluding hydrogens is 520 g/mol. The van der Waals surface area contributed by atoms with Crippen molar-refractivity contribution >= 4 is 46.4 Å². The molecule has 2 aliphatic rings. The third kappa shape index (κ3) is 6.91. The number of amides is 1. The highest BCUT2D eigenvalue weighted by Crippen LogP contribution is 2.30. The number of benzene rings is 1. The number of halogens is 1. The van der Waals surface area contributed by atoms with Crippen molar-refractivity contribution in [2.45, 2.75) is 51.7 Å². The van der Waals surface area contributed by atoms with Crippen LogP contribution < -0.4 is 21.3 Å². The highest BCUT2D eigenvalue weighted by molar-refractivity contribution is 7.80. The van der Waals surface area contributed by atoms with Gasteiger partial charge in [-0.05, 0) is 44.8 Å². The van der Waals surface area contributed by atoms with Crippen LogP contribution in [-0.4, -0.2) is 89.1 Å². The third-order valence-electron chi connectivity index (χ3n) is 7.62. The van der Waals surface area contributed by atoms with Crippen LogP contribution >= 0.6 is 23.8 Å². The Morgan fingerprint density at radius 1 is 1.16 bits per heavy atom. The molecular formula is C27H39ClN8OS. The molecule has 206 valence electrons. The maximum absolute atomic E-state index is 12.5. The molecule has 0 saturated carbocycles. The van der Waals surface area contributed by atoms with E-state index in [1.165, 1.54) is 24.0 Å². The fourth-order valence-electron chi connectivity index (χ4n) is 5.39. The van der Waals surface area contributed by atoms with Crippen molar-refractivity contribution in [2.24, 2.45) is 0 Å². The fraction of sp³-hybridized carbons (Fsp3) is 0.556. The van der Waals surface area contributed by atoms with E-state index < -0.39 is 5.91 Å². The number of nitrogens with one attached hydrogen (secondary N) is 2. The summed E-state index contributed by atoms with van der Waals surface area (Å²) in [5, 5.41) is 5.68. The molecule has 11 heteroatoms. The van der Waals surface area contributed by atoms with Gasteiger partial charge in [-0.2, -0.15) is 0 Å². The molecule has 1 aromatic heterocycles. The van der Waals surface area contributed by atoms with Gasteiger partial charge in [-0.3, -0.25) is 14.6 Å². The Balaban J connectivity index is 1.35. The summed E-state index contributed by atoms with van der Waals surface area (Å²) in [7, 11) is 1.70. The second-order valence-corrected chi connectivity index (χ2v) is 11.0. The lowest BCUT2D eigenvalue weighted by Gasteiger charge is -2.47. The van der Waals surface area contributed by atoms with Crippen LogP contribution in [0.15, 0.2) is 24.3 Å². The van der Waals surface area contributed by atoms with E-state index in [0.29, 0.717) is 22.9 Å². The highest BCUT2D eigenvalue weighted by atomic mass is 35.5. The maximum Gasteiger partial charge on any atom is 0.274 e. The van der Waals surface area contributed by atoms with Crippen molar-refractivity contribution in [1.82, 2.24) is 30.4 Å². The minimum absolute atomic E-state index is 0.0146. The first kappa shape index (κ1) is 28.5. The number of nitrogens with zero attached hydrogens (tertiary/aromatic N) is 5. The molecule has 2 fully saturated rings. The Hall–Kier alpha value is -2.53. The Bertz CT molecular complexity index is 1120. The van der Waals surface area contributed by atoms with Crippen LogP contribution in [0, 0.1) is 6.92 Å². The molecule has 2 saturated heterocycles.